The maximum Gasteiger partial charge on any atom is 0.255 e. The number of aliphatic hydroxyl groups excluding tert-OH is 1. The Bertz CT molecular complexity index is 725. The van der Waals surface area contributed by atoms with E-state index in [1.807, 2.05) is 6.07 Å². The van der Waals surface area contributed by atoms with Crippen molar-refractivity contribution in [1.29, 1.82) is 0 Å². The van der Waals surface area contributed by atoms with Gasteiger partial charge in [0.05, 0.1) is 31.4 Å². The minimum atomic E-state index is -0.371. The van der Waals surface area contributed by atoms with Crippen LogP contribution in [0.3, 0.4) is 0 Å². The molecular weight excluding hydrogens is 272 g/mol. The number of aliphatic hydroxyl groups is 1. The molecule has 2 aromatic rings. The highest BCUT2D eigenvalue weighted by molar-refractivity contribution is 6.06. The molecule has 21 heavy (non-hydrogen) atoms. The Morgan fingerprint density at radius 3 is 3.05 bits per heavy atom. The van der Waals surface area contributed by atoms with Gasteiger partial charge in [0.2, 0.25) is 5.56 Å². The van der Waals surface area contributed by atoms with Crippen molar-refractivity contribution in [3.05, 3.63) is 46.2 Å². The van der Waals surface area contributed by atoms with Crippen LogP contribution < -0.4 is 5.56 Å². The van der Waals surface area contributed by atoms with Crippen molar-refractivity contribution in [1.82, 2.24) is 9.88 Å². The van der Waals surface area contributed by atoms with E-state index in [1.165, 1.54) is 6.07 Å². The summed E-state index contributed by atoms with van der Waals surface area (Å²) in [7, 11) is 0. The van der Waals surface area contributed by atoms with Gasteiger partial charge in [-0.2, -0.15) is 0 Å². The Kier molecular flexibility index (Phi) is 3.72. The first-order chi connectivity index (χ1) is 10.2. The number of nitrogens with one attached hydrogen (secondary N) is 1. The van der Waals surface area contributed by atoms with E-state index in [9.17, 15) is 14.7 Å². The number of hydrogen-bond acceptors (Lipinski definition) is 4. The van der Waals surface area contributed by atoms with Gasteiger partial charge in [0, 0.05) is 23.5 Å². The van der Waals surface area contributed by atoms with Crippen LogP contribution in [0.25, 0.3) is 10.9 Å². The van der Waals surface area contributed by atoms with Crippen LogP contribution in [0, 0.1) is 0 Å². The maximum atomic E-state index is 12.7. The molecule has 1 aromatic heterocycles. The smallest absolute Gasteiger partial charge is 0.255 e. The van der Waals surface area contributed by atoms with Crippen LogP contribution in [0.1, 0.15) is 10.4 Å². The van der Waals surface area contributed by atoms with Gasteiger partial charge in [-0.05, 0) is 6.07 Å². The zero-order chi connectivity index (χ0) is 14.8. The van der Waals surface area contributed by atoms with Crippen LogP contribution in [0.15, 0.2) is 35.1 Å². The van der Waals surface area contributed by atoms with E-state index in [-0.39, 0.29) is 24.1 Å². The highest BCUT2D eigenvalue weighted by Gasteiger charge is 2.28. The summed E-state index contributed by atoms with van der Waals surface area (Å²) in [6.45, 7) is 0.991. The minimum Gasteiger partial charge on any atom is -0.394 e. The fourth-order valence-electron chi connectivity index (χ4n) is 2.61. The van der Waals surface area contributed by atoms with Gasteiger partial charge in [-0.1, -0.05) is 18.2 Å². The van der Waals surface area contributed by atoms with Crippen molar-refractivity contribution >= 4 is 16.8 Å². The number of rotatable bonds is 2. The molecular formula is C15H16N2O4. The number of carbonyl (C=O) groups excluding carboxylic acids is 1. The van der Waals surface area contributed by atoms with Crippen molar-refractivity contribution in [3.63, 3.8) is 0 Å². The highest BCUT2D eigenvalue weighted by Crippen LogP contribution is 2.19. The first kappa shape index (κ1) is 13.8. The summed E-state index contributed by atoms with van der Waals surface area (Å²) in [6, 6.07) is 8.12. The number of ether oxygens (including phenoxy) is 1. The summed E-state index contributed by atoms with van der Waals surface area (Å²) < 4.78 is 5.28. The van der Waals surface area contributed by atoms with E-state index in [0.29, 0.717) is 36.2 Å². The van der Waals surface area contributed by atoms with Gasteiger partial charge in [-0.3, -0.25) is 9.59 Å². The van der Waals surface area contributed by atoms with Crippen LogP contribution in [0.2, 0.25) is 0 Å². The van der Waals surface area contributed by atoms with E-state index in [4.69, 9.17) is 4.74 Å². The van der Waals surface area contributed by atoms with Crippen LogP contribution in [0.5, 0.6) is 0 Å². The van der Waals surface area contributed by atoms with E-state index >= 15 is 0 Å². The molecule has 1 atom stereocenters. The number of aromatic amines is 1. The second kappa shape index (κ2) is 5.67. The van der Waals surface area contributed by atoms with Gasteiger partial charge < -0.3 is 19.7 Å². The number of pyridine rings is 1. The Hall–Kier alpha value is -2.18. The highest BCUT2D eigenvalue weighted by atomic mass is 16.5. The Balaban J connectivity index is 2.07. The largest absolute Gasteiger partial charge is 0.394 e. The summed E-state index contributed by atoms with van der Waals surface area (Å²) in [5, 5.41) is 10.1. The number of aromatic nitrogens is 1. The Morgan fingerprint density at radius 1 is 1.43 bits per heavy atom. The van der Waals surface area contributed by atoms with Crippen molar-refractivity contribution in [3.8, 4) is 0 Å². The number of fused-ring (bicyclic) bond motifs is 1. The fraction of sp³-hybridized carbons (Fsp3) is 0.333. The average molecular weight is 288 g/mol. The number of nitrogens with zero attached hydrogens (tertiary/aromatic N) is 1. The number of hydrogen-bond donors (Lipinski definition) is 2. The van der Waals surface area contributed by atoms with Gasteiger partial charge in [0.1, 0.15) is 0 Å². The zero-order valence-electron chi connectivity index (χ0n) is 11.4. The molecule has 0 bridgehead atoms. The first-order valence-corrected chi connectivity index (χ1v) is 6.82. The molecule has 3 rings (SSSR count). The molecule has 0 saturated carbocycles. The van der Waals surface area contributed by atoms with Crippen LogP contribution in [-0.4, -0.2) is 53.3 Å². The number of amides is 1. The van der Waals surface area contributed by atoms with Crippen LogP contribution in [0.4, 0.5) is 0 Å². The topological polar surface area (TPSA) is 82.6 Å². The van der Waals surface area contributed by atoms with Crippen molar-refractivity contribution in [2.24, 2.45) is 0 Å². The van der Waals surface area contributed by atoms with Gasteiger partial charge >= 0.3 is 0 Å². The molecule has 0 radical (unpaired) electrons. The SMILES string of the molecule is O=C(c1cc(=O)[nH]c2ccccc12)N1CCOC[C@H]1CO. The zero-order valence-corrected chi connectivity index (χ0v) is 11.4. The molecule has 110 valence electrons. The monoisotopic (exact) mass is 288 g/mol. The summed E-state index contributed by atoms with van der Waals surface area (Å²) >= 11 is 0. The molecule has 1 aromatic carbocycles. The molecule has 6 nitrogen and oxygen atoms in total. The molecule has 2 heterocycles. The van der Waals surface area contributed by atoms with E-state index < -0.39 is 0 Å². The predicted molar refractivity (Wildman–Crippen MR) is 77.3 cm³/mol. The maximum absolute atomic E-state index is 12.7. The van der Waals surface area contributed by atoms with E-state index in [1.54, 1.807) is 23.1 Å². The Morgan fingerprint density at radius 2 is 2.24 bits per heavy atom. The van der Waals surface area contributed by atoms with Gasteiger partial charge in [0.15, 0.2) is 0 Å². The standard InChI is InChI=1S/C15H16N2O4/c18-8-10-9-21-6-5-17(10)15(20)12-7-14(19)16-13-4-2-1-3-11(12)13/h1-4,7,10,18H,5-6,8-9H2,(H,16,19)/t10-/m1/s1. The fourth-order valence-corrected chi connectivity index (χ4v) is 2.61. The molecule has 0 spiro atoms. The molecule has 1 fully saturated rings. The predicted octanol–water partition coefficient (Wildman–Crippen LogP) is 0.361. The lowest BCUT2D eigenvalue weighted by Crippen LogP contribution is -2.50. The Labute approximate surface area is 121 Å². The number of morpholine rings is 1. The molecule has 6 heteroatoms. The van der Waals surface area contributed by atoms with Crippen LogP contribution in [-0.2, 0) is 4.74 Å². The number of H-pyrrole nitrogens is 1. The third-order valence-electron chi connectivity index (χ3n) is 3.68. The van der Waals surface area contributed by atoms with E-state index in [2.05, 4.69) is 4.98 Å². The summed E-state index contributed by atoms with van der Waals surface area (Å²) in [5.41, 5.74) is 0.669. The van der Waals surface area contributed by atoms with Crippen molar-refractivity contribution < 1.29 is 14.6 Å². The van der Waals surface area contributed by atoms with Gasteiger partial charge in [-0.15, -0.1) is 0 Å². The molecule has 2 N–H and O–H groups in total. The molecule has 1 saturated heterocycles. The first-order valence-electron chi connectivity index (χ1n) is 6.82. The third-order valence-corrected chi connectivity index (χ3v) is 3.68. The number of para-hydroxylation sites is 1. The van der Waals surface area contributed by atoms with Crippen LogP contribution >= 0.6 is 0 Å². The number of carbonyl (C=O) groups is 1. The molecule has 1 aliphatic rings. The van der Waals surface area contributed by atoms with Crippen molar-refractivity contribution in [2.75, 3.05) is 26.4 Å². The molecule has 0 aliphatic carbocycles. The molecule has 0 unspecified atom stereocenters. The second-order valence-electron chi connectivity index (χ2n) is 5.00. The van der Waals surface area contributed by atoms with E-state index in [0.717, 1.165) is 0 Å². The average Bonchev–Trinajstić information content (AvgIpc) is 2.53. The second-order valence-corrected chi connectivity index (χ2v) is 5.00. The normalized spacial score (nSPS) is 18.9. The van der Waals surface area contributed by atoms with Gasteiger partial charge in [-0.25, -0.2) is 0 Å². The lowest BCUT2D eigenvalue weighted by molar-refractivity contribution is -0.0183. The third kappa shape index (κ3) is 2.55. The number of benzene rings is 1. The summed E-state index contributed by atoms with van der Waals surface area (Å²) in [4.78, 5) is 28.8. The summed E-state index contributed by atoms with van der Waals surface area (Å²) in [6.07, 6.45) is 0. The minimum absolute atomic E-state index is 0.160. The van der Waals surface area contributed by atoms with Gasteiger partial charge in [0.25, 0.3) is 5.91 Å². The molecule has 1 amide bonds. The summed E-state index contributed by atoms with van der Waals surface area (Å²) in [5.74, 6) is -0.250. The van der Waals surface area contributed by atoms with Crippen molar-refractivity contribution in [2.45, 2.75) is 6.04 Å². The lowest BCUT2D eigenvalue weighted by Gasteiger charge is -2.34. The lowest BCUT2D eigenvalue weighted by atomic mass is 10.1. The quantitative estimate of drug-likeness (QED) is 0.836. The molecule has 1 aliphatic heterocycles.